The number of nitrogens with one attached hydrogen (secondary N) is 1. The van der Waals surface area contributed by atoms with Gasteiger partial charge >= 0.3 is 0 Å². The number of carbonyl (C=O) groups excluding carboxylic acids is 1. The summed E-state index contributed by atoms with van der Waals surface area (Å²) in [5, 5.41) is 4.57. The number of amides is 1. The van der Waals surface area contributed by atoms with E-state index in [1.54, 1.807) is 18.4 Å². The maximum atomic E-state index is 12.5. The van der Waals surface area contributed by atoms with Gasteiger partial charge < -0.3 is 9.73 Å². The van der Waals surface area contributed by atoms with Crippen molar-refractivity contribution >= 4 is 27.3 Å². The highest BCUT2D eigenvalue weighted by molar-refractivity contribution is 7.89. The lowest BCUT2D eigenvalue weighted by Crippen LogP contribution is -2.42. The lowest BCUT2D eigenvalue weighted by atomic mass is 10.2. The molecule has 0 radical (unpaired) electrons. The average molecular weight is 355 g/mol. The molecule has 0 bridgehead atoms. The maximum Gasteiger partial charge on any atom is 0.289 e. The molecule has 1 aliphatic rings. The zero-order valence-corrected chi connectivity index (χ0v) is 14.6. The van der Waals surface area contributed by atoms with E-state index in [4.69, 9.17) is 4.42 Å². The molecule has 23 heavy (non-hydrogen) atoms. The van der Waals surface area contributed by atoms with Gasteiger partial charge in [0.25, 0.3) is 5.91 Å². The Morgan fingerprint density at radius 3 is 2.96 bits per heavy atom. The van der Waals surface area contributed by atoms with Crippen molar-refractivity contribution in [2.75, 3.05) is 13.6 Å². The number of carbonyl (C=O) groups is 1. The SMILES string of the molecule is CCc1nc(C)c(C(=O)NC2CN(C)S(=O)(=O)c3ccsc32)o1. The zero-order chi connectivity index (χ0) is 16.8. The number of aromatic nitrogens is 1. The van der Waals surface area contributed by atoms with E-state index in [9.17, 15) is 13.2 Å². The molecule has 3 rings (SSSR count). The number of sulfonamides is 1. The monoisotopic (exact) mass is 355 g/mol. The number of likely N-dealkylation sites (N-methyl/N-ethyl adjacent to an activating group) is 1. The van der Waals surface area contributed by atoms with Gasteiger partial charge in [-0.2, -0.15) is 4.31 Å². The fourth-order valence-electron chi connectivity index (χ4n) is 2.53. The van der Waals surface area contributed by atoms with Gasteiger partial charge in [0.15, 0.2) is 5.89 Å². The van der Waals surface area contributed by atoms with Crippen LogP contribution in [0.4, 0.5) is 0 Å². The van der Waals surface area contributed by atoms with E-state index in [1.165, 1.54) is 22.7 Å². The number of hydrogen-bond donors (Lipinski definition) is 1. The van der Waals surface area contributed by atoms with Gasteiger partial charge in [0, 0.05) is 24.9 Å². The van der Waals surface area contributed by atoms with Crippen LogP contribution in [0.3, 0.4) is 0 Å². The van der Waals surface area contributed by atoms with E-state index in [0.717, 1.165) is 0 Å². The molecule has 0 saturated carbocycles. The molecule has 0 saturated heterocycles. The van der Waals surface area contributed by atoms with Crippen LogP contribution < -0.4 is 5.32 Å². The first-order chi connectivity index (χ1) is 10.8. The number of oxazole rings is 1. The molecule has 1 atom stereocenters. The minimum absolute atomic E-state index is 0.177. The lowest BCUT2D eigenvalue weighted by molar-refractivity contribution is 0.0901. The number of fused-ring (bicyclic) bond motifs is 1. The molecule has 3 heterocycles. The summed E-state index contributed by atoms with van der Waals surface area (Å²) in [5.41, 5.74) is 0.530. The van der Waals surface area contributed by atoms with Crippen LogP contribution in [0.2, 0.25) is 0 Å². The molecular weight excluding hydrogens is 338 g/mol. The van der Waals surface area contributed by atoms with Crippen LogP contribution in [0.15, 0.2) is 20.8 Å². The Morgan fingerprint density at radius 1 is 1.57 bits per heavy atom. The second kappa shape index (κ2) is 5.73. The quantitative estimate of drug-likeness (QED) is 0.905. The summed E-state index contributed by atoms with van der Waals surface area (Å²) in [4.78, 5) is 17.5. The molecule has 1 amide bonds. The predicted octanol–water partition coefficient (Wildman–Crippen LogP) is 1.71. The lowest BCUT2D eigenvalue weighted by Gasteiger charge is -2.29. The van der Waals surface area contributed by atoms with Crippen LogP contribution in [0.5, 0.6) is 0 Å². The Bertz CT molecular complexity index is 853. The van der Waals surface area contributed by atoms with E-state index >= 15 is 0 Å². The van der Waals surface area contributed by atoms with Crippen molar-refractivity contribution in [3.63, 3.8) is 0 Å². The summed E-state index contributed by atoms with van der Waals surface area (Å²) in [6.07, 6.45) is 0.605. The van der Waals surface area contributed by atoms with Crippen molar-refractivity contribution in [3.8, 4) is 0 Å². The first-order valence-corrected chi connectivity index (χ1v) is 9.47. The van der Waals surface area contributed by atoms with Crippen LogP contribution in [-0.2, 0) is 16.4 Å². The summed E-state index contributed by atoms with van der Waals surface area (Å²) >= 11 is 1.32. The zero-order valence-electron chi connectivity index (χ0n) is 13.0. The second-order valence-corrected chi connectivity index (χ2v) is 8.30. The molecule has 0 aromatic carbocycles. The van der Waals surface area contributed by atoms with Crippen LogP contribution >= 0.6 is 11.3 Å². The first kappa shape index (κ1) is 16.2. The second-order valence-electron chi connectivity index (χ2n) is 5.34. The van der Waals surface area contributed by atoms with E-state index < -0.39 is 16.1 Å². The van der Waals surface area contributed by atoms with Gasteiger partial charge in [-0.25, -0.2) is 13.4 Å². The normalized spacial score (nSPS) is 20.2. The third kappa shape index (κ3) is 2.68. The number of rotatable bonds is 3. The summed E-state index contributed by atoms with van der Waals surface area (Å²) in [6.45, 7) is 3.80. The Morgan fingerprint density at radius 2 is 2.30 bits per heavy atom. The molecule has 0 fully saturated rings. The highest BCUT2D eigenvalue weighted by Gasteiger charge is 2.37. The summed E-state index contributed by atoms with van der Waals surface area (Å²) < 4.78 is 31.2. The van der Waals surface area contributed by atoms with Crippen molar-refractivity contribution in [2.45, 2.75) is 31.2 Å². The third-order valence-electron chi connectivity index (χ3n) is 3.76. The van der Waals surface area contributed by atoms with Gasteiger partial charge in [-0.05, 0) is 18.4 Å². The number of aryl methyl sites for hydroxylation is 2. The molecule has 1 unspecified atom stereocenters. The largest absolute Gasteiger partial charge is 0.435 e. The van der Waals surface area contributed by atoms with Crippen LogP contribution in [0, 0.1) is 6.92 Å². The smallest absolute Gasteiger partial charge is 0.289 e. The predicted molar refractivity (Wildman–Crippen MR) is 85.0 cm³/mol. The number of thiophene rings is 1. The molecule has 2 aromatic heterocycles. The van der Waals surface area contributed by atoms with E-state index in [2.05, 4.69) is 10.3 Å². The fourth-order valence-corrected chi connectivity index (χ4v) is 5.23. The minimum Gasteiger partial charge on any atom is -0.435 e. The van der Waals surface area contributed by atoms with E-state index in [-0.39, 0.29) is 23.1 Å². The van der Waals surface area contributed by atoms with Crippen molar-refractivity contribution < 1.29 is 17.6 Å². The van der Waals surface area contributed by atoms with Gasteiger partial charge in [-0.15, -0.1) is 11.3 Å². The number of nitrogens with zero attached hydrogens (tertiary/aromatic N) is 2. The molecule has 124 valence electrons. The van der Waals surface area contributed by atoms with Gasteiger partial charge in [0.05, 0.1) is 16.6 Å². The van der Waals surface area contributed by atoms with Gasteiger partial charge in [0.2, 0.25) is 15.8 Å². The van der Waals surface area contributed by atoms with Gasteiger partial charge in [0.1, 0.15) is 0 Å². The van der Waals surface area contributed by atoms with Crippen LogP contribution in [0.1, 0.15) is 40.0 Å². The van der Waals surface area contributed by atoms with Crippen LogP contribution in [0.25, 0.3) is 0 Å². The number of hydrogen-bond acceptors (Lipinski definition) is 6. The molecule has 1 N–H and O–H groups in total. The first-order valence-electron chi connectivity index (χ1n) is 7.15. The Hall–Kier alpha value is -1.71. The molecule has 2 aromatic rings. The van der Waals surface area contributed by atoms with Crippen molar-refractivity contribution in [1.29, 1.82) is 0 Å². The highest BCUT2D eigenvalue weighted by atomic mass is 32.2. The van der Waals surface area contributed by atoms with Gasteiger partial charge in [-0.1, -0.05) is 6.92 Å². The van der Waals surface area contributed by atoms with Crippen LogP contribution in [-0.4, -0.2) is 37.2 Å². The highest BCUT2D eigenvalue weighted by Crippen LogP contribution is 2.35. The average Bonchev–Trinajstić information content (AvgIpc) is 3.11. The standard InChI is InChI=1S/C14H17N3O4S2/c1-4-11-15-8(2)12(21-11)14(18)16-9-7-17(3)23(19,20)10-5-6-22-13(9)10/h5-6,9H,4,7H2,1-3H3,(H,16,18). The van der Waals surface area contributed by atoms with Crippen molar-refractivity contribution in [2.24, 2.45) is 0 Å². The van der Waals surface area contributed by atoms with Gasteiger partial charge in [-0.3, -0.25) is 4.79 Å². The Kier molecular flexibility index (Phi) is 4.03. The molecule has 0 aliphatic carbocycles. The van der Waals surface area contributed by atoms with E-state index in [1.807, 2.05) is 6.92 Å². The van der Waals surface area contributed by atoms with Crippen molar-refractivity contribution in [1.82, 2.24) is 14.6 Å². The third-order valence-corrected chi connectivity index (χ3v) is 6.80. The molecular formula is C14H17N3O4S2. The molecule has 1 aliphatic heterocycles. The van der Waals surface area contributed by atoms with E-state index in [0.29, 0.717) is 22.9 Å². The Labute approximate surface area is 138 Å². The summed E-state index contributed by atoms with van der Waals surface area (Å²) in [6, 6.07) is 1.17. The van der Waals surface area contributed by atoms with Crippen molar-refractivity contribution in [3.05, 3.63) is 33.7 Å². The topological polar surface area (TPSA) is 92.5 Å². The Balaban J connectivity index is 1.89. The molecule has 0 spiro atoms. The fraction of sp³-hybridized carbons (Fsp3) is 0.429. The minimum atomic E-state index is -3.46. The molecule has 7 nitrogen and oxygen atoms in total. The maximum absolute atomic E-state index is 12.5. The summed E-state index contributed by atoms with van der Waals surface area (Å²) in [7, 11) is -1.96. The molecule has 9 heteroatoms. The summed E-state index contributed by atoms with van der Waals surface area (Å²) in [5.74, 6) is 0.301.